The van der Waals surface area contributed by atoms with E-state index in [0.717, 1.165) is 39.9 Å². The van der Waals surface area contributed by atoms with E-state index in [1.807, 2.05) is 43.3 Å². The fourth-order valence-corrected chi connectivity index (χ4v) is 4.99. The molecule has 27 heavy (non-hydrogen) atoms. The molecule has 3 aromatic rings. The van der Waals surface area contributed by atoms with E-state index in [0.29, 0.717) is 13.0 Å². The molecule has 4 heteroatoms. The lowest BCUT2D eigenvalue weighted by atomic mass is 9.78. The van der Waals surface area contributed by atoms with Crippen LogP contribution in [-0.4, -0.2) is 23.2 Å². The average Bonchev–Trinajstić information content (AvgIpc) is 3.25. The van der Waals surface area contributed by atoms with Crippen molar-refractivity contribution in [1.29, 1.82) is 0 Å². The number of carbonyl (C=O) groups is 2. The molecule has 0 unspecified atom stereocenters. The summed E-state index contributed by atoms with van der Waals surface area (Å²) in [6.45, 7) is 2.45. The number of para-hydroxylation sites is 1. The Hall–Kier alpha value is -2.88. The van der Waals surface area contributed by atoms with Gasteiger partial charge in [0.25, 0.3) is 0 Å². The highest BCUT2D eigenvalue weighted by molar-refractivity contribution is 6.21. The zero-order valence-corrected chi connectivity index (χ0v) is 15.5. The van der Waals surface area contributed by atoms with Gasteiger partial charge in [-0.1, -0.05) is 30.3 Å². The Morgan fingerprint density at radius 1 is 1.11 bits per heavy atom. The first-order chi connectivity index (χ1) is 13.1. The summed E-state index contributed by atoms with van der Waals surface area (Å²) in [6.07, 6.45) is 1.27. The molecule has 0 N–H and O–H groups in total. The van der Waals surface area contributed by atoms with Crippen molar-refractivity contribution in [3.05, 3.63) is 65.4 Å². The third kappa shape index (κ3) is 2.04. The molecular weight excluding hydrogens is 338 g/mol. The third-order valence-electron chi connectivity index (χ3n) is 6.48. The quantitative estimate of drug-likeness (QED) is 0.653. The minimum Gasteiger partial charge on any atom is -0.497 e. The molecule has 0 amide bonds. The van der Waals surface area contributed by atoms with Gasteiger partial charge in [-0.05, 0) is 42.7 Å². The lowest BCUT2D eigenvalue weighted by Crippen LogP contribution is -2.32. The van der Waals surface area contributed by atoms with E-state index in [9.17, 15) is 9.59 Å². The van der Waals surface area contributed by atoms with Crippen LogP contribution in [-0.2, 0) is 11.3 Å². The zero-order valence-electron chi connectivity index (χ0n) is 15.5. The maximum atomic E-state index is 13.4. The minimum absolute atomic E-state index is 0.00490. The van der Waals surface area contributed by atoms with E-state index in [-0.39, 0.29) is 17.5 Å². The Bertz CT molecular complexity index is 1090. The first-order valence-electron chi connectivity index (χ1n) is 9.38. The molecule has 0 saturated heterocycles. The van der Waals surface area contributed by atoms with Crippen molar-refractivity contribution in [2.45, 2.75) is 32.2 Å². The summed E-state index contributed by atoms with van der Waals surface area (Å²) in [5, 5.41) is 1.11. The van der Waals surface area contributed by atoms with Gasteiger partial charge in [0.05, 0.1) is 18.2 Å². The number of benzene rings is 2. The largest absolute Gasteiger partial charge is 0.497 e. The van der Waals surface area contributed by atoms with Gasteiger partial charge >= 0.3 is 0 Å². The van der Waals surface area contributed by atoms with Crippen molar-refractivity contribution in [3.8, 4) is 5.75 Å². The van der Waals surface area contributed by atoms with Gasteiger partial charge in [-0.15, -0.1) is 0 Å². The van der Waals surface area contributed by atoms with Crippen LogP contribution in [0, 0.1) is 5.41 Å². The van der Waals surface area contributed by atoms with Crippen molar-refractivity contribution in [3.63, 3.8) is 0 Å². The Morgan fingerprint density at radius 3 is 2.59 bits per heavy atom. The number of ketones is 2. The number of rotatable bonds is 3. The molecule has 136 valence electrons. The predicted octanol–water partition coefficient (Wildman–Crippen LogP) is 4.35. The van der Waals surface area contributed by atoms with Crippen LogP contribution >= 0.6 is 0 Å². The Kier molecular flexibility index (Phi) is 3.36. The summed E-state index contributed by atoms with van der Waals surface area (Å²) in [5.74, 6) is 0.906. The molecule has 2 aliphatic rings. The summed E-state index contributed by atoms with van der Waals surface area (Å²) in [4.78, 5) is 26.0. The molecule has 2 aromatic carbocycles. The first kappa shape index (κ1) is 16.3. The summed E-state index contributed by atoms with van der Waals surface area (Å²) < 4.78 is 7.35. The number of hydrogen-bond donors (Lipinski definition) is 0. The fraction of sp³-hybridized carbons (Fsp3) is 0.304. The molecule has 1 aromatic heterocycles. The number of fused-ring (bicyclic) bond motifs is 5. The molecule has 1 heterocycles. The van der Waals surface area contributed by atoms with Crippen LogP contribution in [0.3, 0.4) is 0 Å². The van der Waals surface area contributed by atoms with Crippen molar-refractivity contribution >= 4 is 22.5 Å². The van der Waals surface area contributed by atoms with E-state index in [2.05, 4.69) is 16.7 Å². The van der Waals surface area contributed by atoms with Crippen LogP contribution in [0.25, 0.3) is 10.9 Å². The Morgan fingerprint density at radius 2 is 1.85 bits per heavy atom. The highest BCUT2D eigenvalue weighted by Gasteiger charge is 2.59. The van der Waals surface area contributed by atoms with Crippen LogP contribution in [0.1, 0.15) is 47.3 Å². The molecule has 0 radical (unpaired) electrons. The highest BCUT2D eigenvalue weighted by atomic mass is 16.5. The second-order valence-electron chi connectivity index (χ2n) is 7.76. The second-order valence-corrected chi connectivity index (χ2v) is 7.76. The van der Waals surface area contributed by atoms with E-state index >= 15 is 0 Å². The third-order valence-corrected chi connectivity index (χ3v) is 6.48. The smallest absolute Gasteiger partial charge is 0.193 e. The number of aromatic nitrogens is 1. The topological polar surface area (TPSA) is 48.3 Å². The first-order valence-corrected chi connectivity index (χ1v) is 9.38. The predicted molar refractivity (Wildman–Crippen MR) is 103 cm³/mol. The number of carbonyl (C=O) groups excluding carboxylic acids is 2. The Balaban J connectivity index is 1.70. The van der Waals surface area contributed by atoms with E-state index in [1.165, 1.54) is 0 Å². The molecule has 0 spiro atoms. The van der Waals surface area contributed by atoms with Crippen LogP contribution in [0.2, 0.25) is 0 Å². The number of Topliss-reactive ketones (excluding diaryl/α,β-unsaturated/α-hetero) is 2. The molecule has 1 saturated carbocycles. The van der Waals surface area contributed by atoms with Gasteiger partial charge in [-0.25, -0.2) is 0 Å². The van der Waals surface area contributed by atoms with E-state index in [4.69, 9.17) is 4.74 Å². The van der Waals surface area contributed by atoms with Crippen molar-refractivity contribution in [2.75, 3.05) is 7.11 Å². The molecule has 0 bridgehead atoms. The average molecular weight is 359 g/mol. The van der Waals surface area contributed by atoms with E-state index in [1.54, 1.807) is 7.11 Å². The van der Waals surface area contributed by atoms with Gasteiger partial charge in [0, 0.05) is 29.8 Å². The van der Waals surface area contributed by atoms with Gasteiger partial charge < -0.3 is 9.30 Å². The molecule has 5 rings (SSSR count). The number of nitrogens with zero attached hydrogens (tertiary/aromatic N) is 1. The maximum Gasteiger partial charge on any atom is 0.193 e. The maximum absolute atomic E-state index is 13.4. The summed E-state index contributed by atoms with van der Waals surface area (Å²) in [5.41, 5.74) is 3.09. The molecule has 2 atom stereocenters. The van der Waals surface area contributed by atoms with Crippen LogP contribution in [0.5, 0.6) is 5.75 Å². The van der Waals surface area contributed by atoms with Crippen molar-refractivity contribution in [2.24, 2.45) is 5.41 Å². The van der Waals surface area contributed by atoms with Crippen LogP contribution in [0.15, 0.2) is 48.5 Å². The molecular formula is C23H21NO3. The molecule has 0 aliphatic heterocycles. The lowest BCUT2D eigenvalue weighted by molar-refractivity contribution is -0.123. The van der Waals surface area contributed by atoms with Crippen molar-refractivity contribution in [1.82, 2.24) is 4.57 Å². The molecule has 1 fully saturated rings. The number of ether oxygens (including phenoxy) is 1. The van der Waals surface area contributed by atoms with Gasteiger partial charge in [0.15, 0.2) is 5.78 Å². The Labute approximate surface area is 157 Å². The van der Waals surface area contributed by atoms with Gasteiger partial charge in [-0.2, -0.15) is 0 Å². The lowest BCUT2D eigenvalue weighted by Gasteiger charge is -2.21. The number of hydrogen-bond acceptors (Lipinski definition) is 3. The number of methoxy groups -OCH3 is 1. The van der Waals surface area contributed by atoms with E-state index < -0.39 is 5.41 Å². The van der Waals surface area contributed by atoms with Crippen LogP contribution in [0.4, 0.5) is 0 Å². The summed E-state index contributed by atoms with van der Waals surface area (Å²) in [7, 11) is 1.65. The van der Waals surface area contributed by atoms with Crippen molar-refractivity contribution < 1.29 is 14.3 Å². The standard InChI is InChI=1S/C23H21NO3/c1-23-17(11-12-19(23)25)20-16-5-3-4-6-18(16)24(21(20)22(23)26)13-14-7-9-15(27-2)10-8-14/h3-10,17H,11-13H2,1-2H3/t17-,23+/m0/s1. The van der Waals surface area contributed by atoms with Gasteiger partial charge in [0.1, 0.15) is 11.5 Å². The summed E-state index contributed by atoms with van der Waals surface area (Å²) in [6, 6.07) is 16.1. The summed E-state index contributed by atoms with van der Waals surface area (Å²) >= 11 is 0. The fourth-order valence-electron chi connectivity index (χ4n) is 4.99. The van der Waals surface area contributed by atoms with Crippen LogP contribution < -0.4 is 4.74 Å². The monoisotopic (exact) mass is 359 g/mol. The zero-order chi connectivity index (χ0) is 18.8. The normalized spacial score (nSPS) is 23.7. The second kappa shape index (κ2) is 5.56. The van der Waals surface area contributed by atoms with Gasteiger partial charge in [-0.3, -0.25) is 9.59 Å². The molecule has 4 nitrogen and oxygen atoms in total. The molecule has 2 aliphatic carbocycles. The highest BCUT2D eigenvalue weighted by Crippen LogP contribution is 2.57. The SMILES string of the molecule is COc1ccc(Cn2c3c(c4ccccc42)[C@@H]2CCC(=O)[C@]2(C)C3=O)cc1. The minimum atomic E-state index is -0.879. The van der Waals surface area contributed by atoms with Gasteiger partial charge in [0.2, 0.25) is 0 Å².